The van der Waals surface area contributed by atoms with Gasteiger partial charge in [-0.15, -0.1) is 11.8 Å². The minimum Gasteiger partial charge on any atom is -0.465 e. The van der Waals surface area contributed by atoms with Crippen LogP contribution in [0, 0.1) is 0 Å². The molecule has 0 amide bonds. The predicted molar refractivity (Wildman–Crippen MR) is 79.5 cm³/mol. The first-order valence-corrected chi connectivity index (χ1v) is 7.65. The number of thioether (sulfide) groups is 1. The highest BCUT2D eigenvalue weighted by Crippen LogP contribution is 2.40. The van der Waals surface area contributed by atoms with E-state index in [1.807, 2.05) is 6.92 Å². The molecule has 98 valence electrons. The van der Waals surface area contributed by atoms with Gasteiger partial charge in [-0.3, -0.25) is 4.79 Å². The number of benzene rings is 2. The molecule has 2 aromatic carbocycles. The van der Waals surface area contributed by atoms with Gasteiger partial charge in [-0.05, 0) is 41.0 Å². The van der Waals surface area contributed by atoms with Crippen molar-refractivity contribution >= 4 is 28.5 Å². The molecular weight excluding hydrogens is 256 g/mol. The van der Waals surface area contributed by atoms with Crippen molar-refractivity contribution in [1.82, 2.24) is 0 Å². The summed E-state index contributed by atoms with van der Waals surface area (Å²) in [5.74, 6) is 0.869. The van der Waals surface area contributed by atoms with E-state index in [9.17, 15) is 4.79 Å². The maximum absolute atomic E-state index is 12.1. The van der Waals surface area contributed by atoms with Gasteiger partial charge in [-0.1, -0.05) is 36.4 Å². The fraction of sp³-hybridized carbons (Fsp3) is 0.312. The van der Waals surface area contributed by atoms with Crippen molar-refractivity contribution in [3.63, 3.8) is 0 Å². The monoisotopic (exact) mass is 272 g/mol. The third kappa shape index (κ3) is 2.23. The van der Waals surface area contributed by atoms with Crippen molar-refractivity contribution < 1.29 is 9.53 Å². The number of rotatable bonds is 2. The summed E-state index contributed by atoms with van der Waals surface area (Å²) in [6, 6.07) is 12.6. The average Bonchev–Trinajstić information content (AvgIpc) is 2.46. The van der Waals surface area contributed by atoms with Gasteiger partial charge in [0.25, 0.3) is 0 Å². The quantitative estimate of drug-likeness (QED) is 0.779. The predicted octanol–water partition coefficient (Wildman–Crippen LogP) is 3.73. The molecule has 1 unspecified atom stereocenters. The molecule has 0 saturated carbocycles. The van der Waals surface area contributed by atoms with E-state index in [0.29, 0.717) is 6.61 Å². The van der Waals surface area contributed by atoms with Gasteiger partial charge in [-0.2, -0.15) is 0 Å². The Kier molecular flexibility index (Phi) is 3.47. The minimum atomic E-state index is -0.159. The summed E-state index contributed by atoms with van der Waals surface area (Å²) in [5, 5.41) is 2.36. The van der Waals surface area contributed by atoms with Crippen molar-refractivity contribution in [2.45, 2.75) is 18.6 Å². The van der Waals surface area contributed by atoms with Gasteiger partial charge in [0.1, 0.15) is 5.25 Å². The van der Waals surface area contributed by atoms with E-state index in [1.165, 1.54) is 16.3 Å². The number of hydrogen-bond donors (Lipinski definition) is 0. The molecule has 1 heterocycles. The second-order valence-corrected chi connectivity index (χ2v) is 5.82. The molecule has 0 N–H and O–H groups in total. The van der Waals surface area contributed by atoms with E-state index in [0.717, 1.165) is 17.7 Å². The first-order valence-electron chi connectivity index (χ1n) is 6.60. The normalized spacial score (nSPS) is 18.1. The summed E-state index contributed by atoms with van der Waals surface area (Å²) in [4.78, 5) is 12.1. The summed E-state index contributed by atoms with van der Waals surface area (Å²) in [7, 11) is 0. The van der Waals surface area contributed by atoms with Crippen LogP contribution in [0.3, 0.4) is 0 Å². The lowest BCUT2D eigenvalue weighted by atomic mass is 9.94. The summed E-state index contributed by atoms with van der Waals surface area (Å²) < 4.78 is 5.19. The highest BCUT2D eigenvalue weighted by atomic mass is 32.2. The standard InChI is InChI=1S/C16H16O2S/c1-2-18-16(17)15-14-8-7-11-5-3-4-6-12(11)13(14)9-10-19-15/h3-8,15H,2,9-10H2,1H3. The first-order chi connectivity index (χ1) is 9.31. The molecule has 3 heteroatoms. The summed E-state index contributed by atoms with van der Waals surface area (Å²) in [6.07, 6.45) is 1.03. The SMILES string of the molecule is CCOC(=O)C1SCCc2c1ccc1ccccc21. The number of carbonyl (C=O) groups is 1. The van der Waals surface area contributed by atoms with E-state index < -0.39 is 0 Å². The zero-order valence-corrected chi connectivity index (χ0v) is 11.7. The van der Waals surface area contributed by atoms with Gasteiger partial charge in [0.15, 0.2) is 0 Å². The van der Waals surface area contributed by atoms with Crippen LogP contribution in [0.2, 0.25) is 0 Å². The van der Waals surface area contributed by atoms with Crippen molar-refractivity contribution in [3.05, 3.63) is 47.5 Å². The Morgan fingerprint density at radius 3 is 3.00 bits per heavy atom. The Labute approximate surface area is 117 Å². The molecule has 2 nitrogen and oxygen atoms in total. The Morgan fingerprint density at radius 2 is 2.16 bits per heavy atom. The molecule has 1 aliphatic rings. The van der Waals surface area contributed by atoms with Gasteiger partial charge in [0, 0.05) is 0 Å². The Balaban J connectivity index is 2.10. The Hall–Kier alpha value is -1.48. The number of carbonyl (C=O) groups excluding carboxylic acids is 1. The first kappa shape index (κ1) is 12.5. The van der Waals surface area contributed by atoms with Crippen molar-refractivity contribution in [1.29, 1.82) is 0 Å². The molecule has 0 saturated heterocycles. The molecule has 1 aliphatic heterocycles. The second kappa shape index (κ2) is 5.25. The van der Waals surface area contributed by atoms with E-state index in [1.54, 1.807) is 11.8 Å². The fourth-order valence-electron chi connectivity index (χ4n) is 2.66. The lowest BCUT2D eigenvalue weighted by molar-refractivity contribution is -0.142. The van der Waals surface area contributed by atoms with Crippen LogP contribution >= 0.6 is 11.8 Å². The maximum Gasteiger partial charge on any atom is 0.323 e. The van der Waals surface area contributed by atoms with Gasteiger partial charge in [0.2, 0.25) is 0 Å². The minimum absolute atomic E-state index is 0.108. The zero-order valence-electron chi connectivity index (χ0n) is 10.9. The van der Waals surface area contributed by atoms with Crippen molar-refractivity contribution in [2.75, 3.05) is 12.4 Å². The largest absolute Gasteiger partial charge is 0.465 e. The molecule has 0 radical (unpaired) electrons. The van der Waals surface area contributed by atoms with Crippen molar-refractivity contribution in [2.24, 2.45) is 0 Å². The fourth-order valence-corrected chi connectivity index (χ4v) is 3.82. The van der Waals surface area contributed by atoms with Gasteiger partial charge in [0.05, 0.1) is 6.61 Å². The maximum atomic E-state index is 12.1. The number of hydrogen-bond acceptors (Lipinski definition) is 3. The molecule has 3 rings (SSSR count). The van der Waals surface area contributed by atoms with Gasteiger partial charge in [-0.25, -0.2) is 0 Å². The third-order valence-corrected chi connectivity index (χ3v) is 4.72. The highest BCUT2D eigenvalue weighted by molar-refractivity contribution is 8.00. The third-order valence-electron chi connectivity index (χ3n) is 3.50. The Bertz CT molecular complexity index is 621. The van der Waals surface area contributed by atoms with Crippen LogP contribution in [0.25, 0.3) is 10.8 Å². The Morgan fingerprint density at radius 1 is 1.32 bits per heavy atom. The van der Waals surface area contributed by atoms with E-state index in [4.69, 9.17) is 4.74 Å². The van der Waals surface area contributed by atoms with Crippen LogP contribution in [-0.2, 0) is 16.0 Å². The highest BCUT2D eigenvalue weighted by Gasteiger charge is 2.29. The summed E-state index contributed by atoms with van der Waals surface area (Å²) in [6.45, 7) is 2.30. The number of esters is 1. The van der Waals surface area contributed by atoms with Crippen molar-refractivity contribution in [3.8, 4) is 0 Å². The molecular formula is C16H16O2S. The zero-order chi connectivity index (χ0) is 13.2. The van der Waals surface area contributed by atoms with Crippen LogP contribution in [0.15, 0.2) is 36.4 Å². The van der Waals surface area contributed by atoms with Crippen LogP contribution in [0.5, 0.6) is 0 Å². The second-order valence-electron chi connectivity index (χ2n) is 4.61. The van der Waals surface area contributed by atoms with Gasteiger partial charge < -0.3 is 4.74 Å². The number of fused-ring (bicyclic) bond motifs is 3. The molecule has 0 aromatic heterocycles. The summed E-state index contributed by atoms with van der Waals surface area (Å²) in [5.41, 5.74) is 2.45. The van der Waals surface area contributed by atoms with Crippen LogP contribution in [0.4, 0.5) is 0 Å². The lowest BCUT2D eigenvalue weighted by Crippen LogP contribution is -2.19. The van der Waals surface area contributed by atoms with Crippen LogP contribution < -0.4 is 0 Å². The average molecular weight is 272 g/mol. The molecule has 0 bridgehead atoms. The van der Waals surface area contributed by atoms with Crippen LogP contribution in [-0.4, -0.2) is 18.3 Å². The number of ether oxygens (including phenoxy) is 1. The van der Waals surface area contributed by atoms with E-state index in [2.05, 4.69) is 36.4 Å². The van der Waals surface area contributed by atoms with Crippen LogP contribution in [0.1, 0.15) is 23.3 Å². The van der Waals surface area contributed by atoms with E-state index >= 15 is 0 Å². The summed E-state index contributed by atoms with van der Waals surface area (Å²) >= 11 is 1.69. The smallest absolute Gasteiger partial charge is 0.323 e. The van der Waals surface area contributed by atoms with E-state index in [-0.39, 0.29) is 11.2 Å². The van der Waals surface area contributed by atoms with Gasteiger partial charge >= 0.3 is 5.97 Å². The lowest BCUT2D eigenvalue weighted by Gasteiger charge is -2.24. The number of aryl methyl sites for hydroxylation is 1. The molecule has 0 aliphatic carbocycles. The molecule has 2 aromatic rings. The molecule has 0 fully saturated rings. The molecule has 1 atom stereocenters. The topological polar surface area (TPSA) is 26.3 Å². The molecule has 19 heavy (non-hydrogen) atoms. The molecule has 0 spiro atoms.